The van der Waals surface area contributed by atoms with Crippen LogP contribution in [-0.2, 0) is 6.54 Å². The van der Waals surface area contributed by atoms with Gasteiger partial charge in [-0.15, -0.1) is 13.2 Å². The summed E-state index contributed by atoms with van der Waals surface area (Å²) in [7, 11) is 0. The van der Waals surface area contributed by atoms with Crippen LogP contribution < -0.4 is 10.1 Å². The van der Waals surface area contributed by atoms with Crippen LogP contribution in [0.3, 0.4) is 0 Å². The standard InChI is InChI=1S/C23H19F3N4O2/c1-3-30-13-19(14(2)29-30)21-12-18(17-6-4-5-7-20(17)28-21)22(31)27-15-8-10-16(11-9-15)32-23(24,25)26/h4-13H,3H2,1-2H3,(H,27,31). The van der Waals surface area contributed by atoms with Crippen molar-refractivity contribution in [2.75, 3.05) is 5.32 Å². The van der Waals surface area contributed by atoms with Crippen molar-refractivity contribution in [1.29, 1.82) is 0 Å². The smallest absolute Gasteiger partial charge is 0.406 e. The van der Waals surface area contributed by atoms with Crippen LogP contribution in [0.15, 0.2) is 60.8 Å². The van der Waals surface area contributed by atoms with Crippen LogP contribution in [0, 0.1) is 6.92 Å². The predicted octanol–water partition coefficient (Wildman–Crippen LogP) is 5.58. The molecule has 0 bridgehead atoms. The highest BCUT2D eigenvalue weighted by Crippen LogP contribution is 2.28. The molecular weight excluding hydrogens is 421 g/mol. The van der Waals surface area contributed by atoms with Crippen LogP contribution in [0.2, 0.25) is 0 Å². The Morgan fingerprint density at radius 1 is 1.12 bits per heavy atom. The Bertz CT molecular complexity index is 1280. The number of hydrogen-bond acceptors (Lipinski definition) is 4. The molecule has 6 nitrogen and oxygen atoms in total. The van der Waals surface area contributed by atoms with Crippen LogP contribution in [0.25, 0.3) is 22.2 Å². The van der Waals surface area contributed by atoms with Gasteiger partial charge in [0.25, 0.3) is 5.91 Å². The van der Waals surface area contributed by atoms with Crippen molar-refractivity contribution in [2.45, 2.75) is 26.8 Å². The molecule has 0 spiro atoms. The average molecular weight is 440 g/mol. The molecule has 0 aliphatic carbocycles. The molecule has 0 saturated carbocycles. The molecule has 1 amide bonds. The molecule has 2 aromatic heterocycles. The lowest BCUT2D eigenvalue weighted by Gasteiger charge is -2.12. The van der Waals surface area contributed by atoms with Crippen molar-refractivity contribution in [3.8, 4) is 17.0 Å². The van der Waals surface area contributed by atoms with Crippen molar-refractivity contribution >= 4 is 22.5 Å². The molecule has 0 atom stereocenters. The van der Waals surface area contributed by atoms with E-state index in [2.05, 4.69) is 15.2 Å². The first-order chi connectivity index (χ1) is 15.2. The maximum Gasteiger partial charge on any atom is 0.573 e. The van der Waals surface area contributed by atoms with Gasteiger partial charge >= 0.3 is 6.36 Å². The minimum atomic E-state index is -4.78. The first-order valence-corrected chi connectivity index (χ1v) is 9.85. The van der Waals surface area contributed by atoms with Crippen molar-refractivity contribution in [3.05, 3.63) is 72.1 Å². The number of aryl methyl sites for hydroxylation is 2. The number of fused-ring (bicyclic) bond motifs is 1. The second-order valence-electron chi connectivity index (χ2n) is 7.08. The summed E-state index contributed by atoms with van der Waals surface area (Å²) in [5, 5.41) is 7.83. The summed E-state index contributed by atoms with van der Waals surface area (Å²) in [6.45, 7) is 4.56. The Balaban J connectivity index is 1.68. The highest BCUT2D eigenvalue weighted by molar-refractivity contribution is 6.13. The number of nitrogens with one attached hydrogen (secondary N) is 1. The van der Waals surface area contributed by atoms with E-state index in [0.717, 1.165) is 23.4 Å². The number of para-hydroxylation sites is 1. The number of rotatable bonds is 5. The minimum Gasteiger partial charge on any atom is -0.406 e. The summed E-state index contributed by atoms with van der Waals surface area (Å²) in [4.78, 5) is 17.8. The SMILES string of the molecule is CCn1cc(-c2cc(C(=O)Nc3ccc(OC(F)(F)F)cc3)c3ccccc3n2)c(C)n1. The highest BCUT2D eigenvalue weighted by atomic mass is 19.4. The molecule has 0 unspecified atom stereocenters. The zero-order chi connectivity index (χ0) is 22.9. The highest BCUT2D eigenvalue weighted by Gasteiger charge is 2.31. The molecule has 164 valence electrons. The number of carbonyl (C=O) groups is 1. The van der Waals surface area contributed by atoms with Crippen molar-refractivity contribution in [1.82, 2.24) is 14.8 Å². The molecule has 1 N–H and O–H groups in total. The Labute approximate surface area is 181 Å². The lowest BCUT2D eigenvalue weighted by atomic mass is 10.0. The maximum absolute atomic E-state index is 13.1. The van der Waals surface area contributed by atoms with Gasteiger partial charge in [-0.1, -0.05) is 18.2 Å². The number of anilines is 1. The van der Waals surface area contributed by atoms with Gasteiger partial charge in [-0.05, 0) is 50.2 Å². The lowest BCUT2D eigenvalue weighted by Crippen LogP contribution is -2.17. The van der Waals surface area contributed by atoms with Gasteiger partial charge < -0.3 is 10.1 Å². The Hall–Kier alpha value is -3.88. The molecule has 4 aromatic rings. The van der Waals surface area contributed by atoms with Gasteiger partial charge in [0.2, 0.25) is 0 Å². The zero-order valence-corrected chi connectivity index (χ0v) is 17.3. The summed E-state index contributed by atoms with van der Waals surface area (Å²) in [6.07, 6.45) is -2.89. The Morgan fingerprint density at radius 2 is 1.84 bits per heavy atom. The topological polar surface area (TPSA) is 69.0 Å². The number of pyridine rings is 1. The molecule has 32 heavy (non-hydrogen) atoms. The van der Waals surface area contributed by atoms with Crippen LogP contribution in [-0.4, -0.2) is 27.0 Å². The molecular formula is C23H19F3N4O2. The van der Waals surface area contributed by atoms with Gasteiger partial charge in [-0.2, -0.15) is 5.10 Å². The molecule has 0 saturated heterocycles. The molecule has 2 aromatic carbocycles. The van der Waals surface area contributed by atoms with E-state index in [4.69, 9.17) is 4.98 Å². The van der Waals surface area contributed by atoms with Gasteiger partial charge in [0, 0.05) is 29.4 Å². The van der Waals surface area contributed by atoms with E-state index >= 15 is 0 Å². The number of benzene rings is 2. The van der Waals surface area contributed by atoms with Crippen LogP contribution in [0.5, 0.6) is 5.75 Å². The number of nitrogens with zero attached hydrogens (tertiary/aromatic N) is 3. The van der Waals surface area contributed by atoms with Crippen molar-refractivity contribution < 1.29 is 22.7 Å². The minimum absolute atomic E-state index is 0.335. The quantitative estimate of drug-likeness (QED) is 0.440. The summed E-state index contributed by atoms with van der Waals surface area (Å²) in [6, 6.07) is 13.9. The Kier molecular flexibility index (Phi) is 5.56. The first kappa shape index (κ1) is 21.4. The predicted molar refractivity (Wildman–Crippen MR) is 114 cm³/mol. The van der Waals surface area contributed by atoms with E-state index in [-0.39, 0.29) is 5.75 Å². The normalized spacial score (nSPS) is 11.5. The molecule has 2 heterocycles. The number of halogens is 3. The Morgan fingerprint density at radius 3 is 2.50 bits per heavy atom. The number of amides is 1. The van der Waals surface area contributed by atoms with Gasteiger partial charge in [-0.25, -0.2) is 4.98 Å². The molecule has 0 radical (unpaired) electrons. The third kappa shape index (κ3) is 4.56. The number of hydrogen-bond donors (Lipinski definition) is 1. The van der Waals surface area contributed by atoms with Crippen LogP contribution >= 0.6 is 0 Å². The van der Waals surface area contributed by atoms with Crippen molar-refractivity contribution in [3.63, 3.8) is 0 Å². The van der Waals surface area contributed by atoms with E-state index in [1.54, 1.807) is 16.8 Å². The van der Waals surface area contributed by atoms with Crippen LogP contribution in [0.4, 0.5) is 18.9 Å². The molecule has 0 aliphatic heterocycles. The molecule has 0 aliphatic rings. The summed E-state index contributed by atoms with van der Waals surface area (Å²) < 4.78 is 42.7. The number of aromatic nitrogens is 3. The molecule has 4 rings (SSSR count). The zero-order valence-electron chi connectivity index (χ0n) is 17.3. The van der Waals surface area contributed by atoms with E-state index < -0.39 is 12.3 Å². The van der Waals surface area contributed by atoms with E-state index in [1.807, 2.05) is 38.2 Å². The fourth-order valence-electron chi connectivity index (χ4n) is 3.37. The number of alkyl halides is 3. The number of carbonyl (C=O) groups excluding carboxylic acids is 1. The van der Waals surface area contributed by atoms with E-state index in [9.17, 15) is 18.0 Å². The third-order valence-electron chi connectivity index (χ3n) is 4.85. The second kappa shape index (κ2) is 8.33. The monoisotopic (exact) mass is 440 g/mol. The number of ether oxygens (including phenoxy) is 1. The van der Waals surface area contributed by atoms with Gasteiger partial charge in [0.05, 0.1) is 22.5 Å². The van der Waals surface area contributed by atoms with Gasteiger partial charge in [-0.3, -0.25) is 9.48 Å². The first-order valence-electron chi connectivity index (χ1n) is 9.85. The fourth-order valence-corrected chi connectivity index (χ4v) is 3.37. The maximum atomic E-state index is 13.1. The van der Waals surface area contributed by atoms with Crippen LogP contribution in [0.1, 0.15) is 23.0 Å². The van der Waals surface area contributed by atoms with Gasteiger partial charge in [0.15, 0.2) is 0 Å². The largest absolute Gasteiger partial charge is 0.573 e. The molecule has 9 heteroatoms. The summed E-state index contributed by atoms with van der Waals surface area (Å²) in [5.74, 6) is -0.773. The summed E-state index contributed by atoms with van der Waals surface area (Å²) >= 11 is 0. The average Bonchev–Trinajstić information content (AvgIpc) is 3.14. The van der Waals surface area contributed by atoms with E-state index in [1.165, 1.54) is 12.1 Å². The molecule has 0 fully saturated rings. The van der Waals surface area contributed by atoms with Gasteiger partial charge in [0.1, 0.15) is 5.75 Å². The third-order valence-corrected chi connectivity index (χ3v) is 4.85. The van der Waals surface area contributed by atoms with E-state index in [0.29, 0.717) is 34.4 Å². The van der Waals surface area contributed by atoms with Crippen molar-refractivity contribution in [2.24, 2.45) is 0 Å². The fraction of sp³-hybridized carbons (Fsp3) is 0.174. The lowest BCUT2D eigenvalue weighted by molar-refractivity contribution is -0.274. The second-order valence-corrected chi connectivity index (χ2v) is 7.08. The summed E-state index contributed by atoms with van der Waals surface area (Å²) in [5.41, 5.74) is 3.60.